The van der Waals surface area contributed by atoms with Crippen molar-refractivity contribution < 1.29 is 28.2 Å². The lowest BCUT2D eigenvalue weighted by molar-refractivity contribution is -0.143. The normalized spacial score (nSPS) is 11.6. The van der Waals surface area contributed by atoms with Gasteiger partial charge in [-0.05, 0) is 30.0 Å². The first-order valence-electron chi connectivity index (χ1n) is 10.9. The fourth-order valence-electron chi connectivity index (χ4n) is 3.22. The highest BCUT2D eigenvalue weighted by atomic mass is 19.1. The lowest BCUT2D eigenvalue weighted by atomic mass is 10.1. The Kier molecular flexibility index (Phi) is 9.97. The average Bonchev–Trinajstić information content (AvgIpc) is 2.81. The van der Waals surface area contributed by atoms with E-state index in [2.05, 4.69) is 5.32 Å². The van der Waals surface area contributed by atoms with Crippen molar-refractivity contribution in [1.82, 2.24) is 10.2 Å². The van der Waals surface area contributed by atoms with E-state index in [9.17, 15) is 14.0 Å². The molecule has 0 saturated heterocycles. The number of hydrogen-bond donors (Lipinski definition) is 1. The predicted octanol–water partition coefficient (Wildman–Crippen LogP) is 3.80. The zero-order valence-corrected chi connectivity index (χ0v) is 19.9. The SMILES string of the molecule is CC[C@@H](C(=O)NCC(C)C)N(Cc1ccc(F)cc1)C(=O)COc1cc(OC)cc(OC)c1. The lowest BCUT2D eigenvalue weighted by Gasteiger charge is -2.30. The molecule has 1 N–H and O–H groups in total. The molecule has 33 heavy (non-hydrogen) atoms. The van der Waals surface area contributed by atoms with E-state index >= 15 is 0 Å². The third kappa shape index (κ3) is 7.97. The first kappa shape index (κ1) is 26.0. The van der Waals surface area contributed by atoms with Crippen LogP contribution in [0.15, 0.2) is 42.5 Å². The summed E-state index contributed by atoms with van der Waals surface area (Å²) in [6, 6.07) is 10.2. The number of methoxy groups -OCH3 is 2. The molecule has 0 aliphatic carbocycles. The predicted molar refractivity (Wildman–Crippen MR) is 124 cm³/mol. The van der Waals surface area contributed by atoms with E-state index in [0.717, 1.165) is 0 Å². The highest BCUT2D eigenvalue weighted by molar-refractivity contribution is 5.88. The zero-order valence-electron chi connectivity index (χ0n) is 19.9. The van der Waals surface area contributed by atoms with Crippen LogP contribution in [0.1, 0.15) is 32.8 Å². The maximum absolute atomic E-state index is 13.4. The molecule has 8 heteroatoms. The number of rotatable bonds is 12. The molecule has 0 bridgehead atoms. The first-order valence-corrected chi connectivity index (χ1v) is 10.9. The van der Waals surface area contributed by atoms with Crippen molar-refractivity contribution >= 4 is 11.8 Å². The van der Waals surface area contributed by atoms with Crippen LogP contribution in [0.2, 0.25) is 0 Å². The Morgan fingerprint density at radius 2 is 1.58 bits per heavy atom. The Morgan fingerprint density at radius 1 is 1.00 bits per heavy atom. The van der Waals surface area contributed by atoms with Crippen molar-refractivity contribution in [3.63, 3.8) is 0 Å². The van der Waals surface area contributed by atoms with Gasteiger partial charge < -0.3 is 24.4 Å². The number of carbonyl (C=O) groups is 2. The van der Waals surface area contributed by atoms with Crippen LogP contribution in [0.25, 0.3) is 0 Å². The van der Waals surface area contributed by atoms with E-state index in [1.165, 1.54) is 31.3 Å². The number of amides is 2. The second-order valence-electron chi connectivity index (χ2n) is 8.05. The summed E-state index contributed by atoms with van der Waals surface area (Å²) in [7, 11) is 3.05. The molecule has 0 saturated carbocycles. The van der Waals surface area contributed by atoms with Crippen LogP contribution in [0.3, 0.4) is 0 Å². The molecule has 7 nitrogen and oxygen atoms in total. The number of carbonyl (C=O) groups excluding carboxylic acids is 2. The minimum absolute atomic E-state index is 0.150. The summed E-state index contributed by atoms with van der Waals surface area (Å²) in [5.41, 5.74) is 0.711. The van der Waals surface area contributed by atoms with E-state index in [1.54, 1.807) is 30.3 Å². The Morgan fingerprint density at radius 3 is 2.09 bits per heavy atom. The third-order valence-corrected chi connectivity index (χ3v) is 5.02. The van der Waals surface area contributed by atoms with Gasteiger partial charge in [0.2, 0.25) is 5.91 Å². The number of ether oxygens (including phenoxy) is 3. The maximum Gasteiger partial charge on any atom is 0.261 e. The molecule has 0 aliphatic heterocycles. The highest BCUT2D eigenvalue weighted by Gasteiger charge is 2.29. The average molecular weight is 461 g/mol. The maximum atomic E-state index is 13.4. The first-order chi connectivity index (χ1) is 15.8. The molecule has 180 valence electrons. The van der Waals surface area contributed by atoms with Gasteiger partial charge in [0.25, 0.3) is 5.91 Å². The third-order valence-electron chi connectivity index (χ3n) is 5.02. The molecule has 0 aromatic heterocycles. The van der Waals surface area contributed by atoms with Gasteiger partial charge in [-0.3, -0.25) is 9.59 Å². The highest BCUT2D eigenvalue weighted by Crippen LogP contribution is 2.27. The van der Waals surface area contributed by atoms with Crippen LogP contribution >= 0.6 is 0 Å². The fraction of sp³-hybridized carbons (Fsp3) is 0.440. The second-order valence-corrected chi connectivity index (χ2v) is 8.05. The van der Waals surface area contributed by atoms with Gasteiger partial charge >= 0.3 is 0 Å². The molecule has 2 aromatic rings. The van der Waals surface area contributed by atoms with Gasteiger partial charge in [-0.2, -0.15) is 0 Å². The van der Waals surface area contributed by atoms with Gasteiger partial charge in [-0.1, -0.05) is 32.9 Å². The summed E-state index contributed by atoms with van der Waals surface area (Å²) in [5.74, 6) is 0.766. The molecule has 2 rings (SSSR count). The van der Waals surface area contributed by atoms with Gasteiger partial charge in [0, 0.05) is 31.3 Å². The summed E-state index contributed by atoms with van der Waals surface area (Å²) in [6.45, 7) is 6.22. The number of halogens is 1. The van der Waals surface area contributed by atoms with Crippen LogP contribution < -0.4 is 19.5 Å². The van der Waals surface area contributed by atoms with Gasteiger partial charge in [0.15, 0.2) is 6.61 Å². The quantitative estimate of drug-likeness (QED) is 0.521. The molecule has 2 aromatic carbocycles. The molecule has 0 unspecified atom stereocenters. The molecule has 0 radical (unpaired) electrons. The monoisotopic (exact) mass is 460 g/mol. The van der Waals surface area contributed by atoms with Crippen molar-refractivity contribution in [1.29, 1.82) is 0 Å². The Bertz CT molecular complexity index is 895. The Labute approximate surface area is 194 Å². The standard InChI is InChI=1S/C25H33FN2O5/c1-6-23(25(30)27-14-17(2)3)28(15-18-7-9-19(26)10-8-18)24(29)16-33-22-12-20(31-4)11-21(13-22)32-5/h7-13,17,23H,6,14-16H2,1-5H3,(H,27,30)/t23-/m0/s1. The molecular weight excluding hydrogens is 427 g/mol. The number of nitrogens with one attached hydrogen (secondary N) is 1. The Hall–Kier alpha value is -3.29. The van der Waals surface area contributed by atoms with Crippen molar-refractivity contribution in [2.75, 3.05) is 27.4 Å². The minimum atomic E-state index is -0.690. The lowest BCUT2D eigenvalue weighted by Crippen LogP contribution is -2.50. The van der Waals surface area contributed by atoms with E-state index in [-0.39, 0.29) is 36.7 Å². The minimum Gasteiger partial charge on any atom is -0.496 e. The van der Waals surface area contributed by atoms with E-state index in [1.807, 2.05) is 20.8 Å². The summed E-state index contributed by atoms with van der Waals surface area (Å²) in [4.78, 5) is 27.6. The molecule has 0 spiro atoms. The van der Waals surface area contributed by atoms with E-state index < -0.39 is 6.04 Å². The van der Waals surface area contributed by atoms with Crippen LogP contribution in [-0.2, 0) is 16.1 Å². The van der Waals surface area contributed by atoms with E-state index in [0.29, 0.717) is 35.8 Å². The van der Waals surface area contributed by atoms with Crippen molar-refractivity contribution in [3.8, 4) is 17.2 Å². The summed E-state index contributed by atoms with van der Waals surface area (Å²) in [6.07, 6.45) is 0.420. The topological polar surface area (TPSA) is 77.1 Å². The van der Waals surface area contributed by atoms with Crippen LogP contribution in [0.5, 0.6) is 17.2 Å². The molecule has 0 fully saturated rings. The van der Waals surface area contributed by atoms with Crippen molar-refractivity contribution in [3.05, 3.63) is 53.8 Å². The van der Waals surface area contributed by atoms with Crippen LogP contribution in [-0.4, -0.2) is 50.1 Å². The number of benzene rings is 2. The van der Waals surface area contributed by atoms with Crippen molar-refractivity contribution in [2.24, 2.45) is 5.92 Å². The smallest absolute Gasteiger partial charge is 0.261 e. The summed E-state index contributed by atoms with van der Waals surface area (Å²) >= 11 is 0. The zero-order chi connectivity index (χ0) is 24.4. The molecule has 1 atom stereocenters. The molecule has 0 aliphatic rings. The second kappa shape index (κ2) is 12.7. The molecule has 0 heterocycles. The van der Waals surface area contributed by atoms with Gasteiger partial charge in [0.1, 0.15) is 29.1 Å². The van der Waals surface area contributed by atoms with Gasteiger partial charge in [-0.25, -0.2) is 4.39 Å². The van der Waals surface area contributed by atoms with Crippen LogP contribution in [0, 0.1) is 11.7 Å². The largest absolute Gasteiger partial charge is 0.496 e. The molecule has 2 amide bonds. The fourth-order valence-corrected chi connectivity index (χ4v) is 3.22. The van der Waals surface area contributed by atoms with Crippen LogP contribution in [0.4, 0.5) is 4.39 Å². The van der Waals surface area contributed by atoms with Gasteiger partial charge in [0.05, 0.1) is 14.2 Å². The van der Waals surface area contributed by atoms with Gasteiger partial charge in [-0.15, -0.1) is 0 Å². The van der Waals surface area contributed by atoms with E-state index in [4.69, 9.17) is 14.2 Å². The number of nitrogens with zero attached hydrogens (tertiary/aromatic N) is 1. The number of hydrogen-bond acceptors (Lipinski definition) is 5. The molecular formula is C25H33FN2O5. The van der Waals surface area contributed by atoms with Crippen molar-refractivity contribution in [2.45, 2.75) is 39.8 Å². The Balaban J connectivity index is 2.22. The summed E-state index contributed by atoms with van der Waals surface area (Å²) < 4.78 is 29.5. The summed E-state index contributed by atoms with van der Waals surface area (Å²) in [5, 5.41) is 2.90.